The van der Waals surface area contributed by atoms with Crippen LogP contribution in [0, 0.1) is 0 Å². The van der Waals surface area contributed by atoms with E-state index in [0.717, 1.165) is 11.4 Å². The minimum absolute atomic E-state index is 0.0767. The predicted octanol–water partition coefficient (Wildman–Crippen LogP) is 3.29. The molecule has 1 aromatic heterocycles. The van der Waals surface area contributed by atoms with Gasteiger partial charge in [-0.15, -0.1) is 0 Å². The normalized spacial score (nSPS) is 10.2. The van der Waals surface area contributed by atoms with Crippen LogP contribution >= 0.6 is 11.6 Å². The van der Waals surface area contributed by atoms with E-state index in [-0.39, 0.29) is 5.91 Å². The van der Waals surface area contributed by atoms with Crippen molar-refractivity contribution in [2.75, 3.05) is 11.9 Å². The molecule has 0 atom stereocenters. The lowest BCUT2D eigenvalue weighted by Crippen LogP contribution is -2.22. The SMILES string of the molecule is CCNC(=O)c1cccc(NCc2ccc(Cl)o2)c1. The smallest absolute Gasteiger partial charge is 0.251 e. The van der Waals surface area contributed by atoms with Crippen LogP contribution in [-0.4, -0.2) is 12.5 Å². The first kappa shape index (κ1) is 13.5. The number of hydrogen-bond donors (Lipinski definition) is 2. The fraction of sp³-hybridized carbons (Fsp3) is 0.214. The molecule has 0 aliphatic heterocycles. The van der Waals surface area contributed by atoms with Gasteiger partial charge in [-0.25, -0.2) is 0 Å². The minimum atomic E-state index is -0.0767. The van der Waals surface area contributed by atoms with Gasteiger partial charge in [0.2, 0.25) is 0 Å². The molecule has 100 valence electrons. The van der Waals surface area contributed by atoms with Crippen LogP contribution in [0.1, 0.15) is 23.0 Å². The van der Waals surface area contributed by atoms with Crippen molar-refractivity contribution in [3.63, 3.8) is 0 Å². The van der Waals surface area contributed by atoms with E-state index in [9.17, 15) is 4.79 Å². The summed E-state index contributed by atoms with van der Waals surface area (Å²) < 4.78 is 5.25. The molecule has 0 unspecified atom stereocenters. The molecule has 0 aliphatic carbocycles. The first-order valence-electron chi connectivity index (χ1n) is 6.05. The minimum Gasteiger partial charge on any atom is -0.448 e. The monoisotopic (exact) mass is 278 g/mol. The van der Waals surface area contributed by atoms with Crippen molar-refractivity contribution < 1.29 is 9.21 Å². The Morgan fingerprint density at radius 1 is 1.32 bits per heavy atom. The number of benzene rings is 1. The Kier molecular flexibility index (Phi) is 4.47. The molecule has 0 aliphatic rings. The molecule has 0 spiro atoms. The molecule has 1 heterocycles. The van der Waals surface area contributed by atoms with Gasteiger partial charge in [-0.3, -0.25) is 4.79 Å². The third-order valence-corrected chi connectivity index (χ3v) is 2.76. The predicted molar refractivity (Wildman–Crippen MR) is 75.5 cm³/mol. The number of furan rings is 1. The second-order valence-electron chi connectivity index (χ2n) is 4.00. The highest BCUT2D eigenvalue weighted by atomic mass is 35.5. The van der Waals surface area contributed by atoms with Gasteiger partial charge in [-0.2, -0.15) is 0 Å². The maximum atomic E-state index is 11.7. The second kappa shape index (κ2) is 6.29. The Bertz CT molecular complexity index is 566. The van der Waals surface area contributed by atoms with Crippen LogP contribution in [0.15, 0.2) is 40.8 Å². The third kappa shape index (κ3) is 3.76. The highest BCUT2D eigenvalue weighted by Gasteiger charge is 2.05. The molecule has 19 heavy (non-hydrogen) atoms. The standard InChI is InChI=1S/C14H15ClN2O2/c1-2-16-14(18)10-4-3-5-11(8-10)17-9-12-6-7-13(15)19-12/h3-8,17H,2,9H2,1H3,(H,16,18). The van der Waals surface area contributed by atoms with E-state index in [0.29, 0.717) is 23.9 Å². The second-order valence-corrected chi connectivity index (χ2v) is 4.37. The summed E-state index contributed by atoms with van der Waals surface area (Å²) in [4.78, 5) is 11.7. The van der Waals surface area contributed by atoms with Crippen LogP contribution in [0.5, 0.6) is 0 Å². The summed E-state index contributed by atoms with van der Waals surface area (Å²) in [5, 5.41) is 6.31. The van der Waals surface area contributed by atoms with Gasteiger partial charge in [0.25, 0.3) is 5.91 Å². The molecule has 0 saturated heterocycles. The van der Waals surface area contributed by atoms with E-state index < -0.39 is 0 Å². The van der Waals surface area contributed by atoms with E-state index in [4.69, 9.17) is 16.0 Å². The van der Waals surface area contributed by atoms with Crippen LogP contribution in [0.3, 0.4) is 0 Å². The molecular formula is C14H15ClN2O2. The largest absolute Gasteiger partial charge is 0.448 e. The molecule has 0 radical (unpaired) electrons. The van der Waals surface area contributed by atoms with Crippen LogP contribution in [0.4, 0.5) is 5.69 Å². The topological polar surface area (TPSA) is 54.3 Å². The summed E-state index contributed by atoms with van der Waals surface area (Å²) >= 11 is 5.70. The van der Waals surface area contributed by atoms with Crippen molar-refractivity contribution in [2.45, 2.75) is 13.5 Å². The van der Waals surface area contributed by atoms with Gasteiger partial charge in [-0.1, -0.05) is 6.07 Å². The number of carbonyl (C=O) groups is 1. The van der Waals surface area contributed by atoms with Crippen molar-refractivity contribution in [2.24, 2.45) is 0 Å². The first-order valence-corrected chi connectivity index (χ1v) is 6.43. The lowest BCUT2D eigenvalue weighted by molar-refractivity contribution is 0.0956. The van der Waals surface area contributed by atoms with Crippen LogP contribution in [-0.2, 0) is 6.54 Å². The molecule has 2 rings (SSSR count). The lowest BCUT2D eigenvalue weighted by atomic mass is 10.2. The summed E-state index contributed by atoms with van der Waals surface area (Å²) in [5.41, 5.74) is 1.49. The average Bonchev–Trinajstić information content (AvgIpc) is 2.83. The number of amides is 1. The van der Waals surface area contributed by atoms with Crippen molar-refractivity contribution >= 4 is 23.2 Å². The fourth-order valence-corrected chi connectivity index (χ4v) is 1.83. The molecular weight excluding hydrogens is 264 g/mol. The number of halogens is 1. The Labute approximate surface area is 116 Å². The van der Waals surface area contributed by atoms with E-state index in [1.807, 2.05) is 25.1 Å². The molecule has 4 nitrogen and oxygen atoms in total. The van der Waals surface area contributed by atoms with Crippen LogP contribution in [0.2, 0.25) is 5.22 Å². The van der Waals surface area contributed by atoms with E-state index >= 15 is 0 Å². The lowest BCUT2D eigenvalue weighted by Gasteiger charge is -2.07. The van der Waals surface area contributed by atoms with Crippen molar-refractivity contribution in [1.82, 2.24) is 5.32 Å². The molecule has 0 fully saturated rings. The zero-order chi connectivity index (χ0) is 13.7. The van der Waals surface area contributed by atoms with Crippen molar-refractivity contribution in [3.05, 3.63) is 52.9 Å². The van der Waals surface area contributed by atoms with Gasteiger partial charge in [0.15, 0.2) is 5.22 Å². The molecule has 2 N–H and O–H groups in total. The molecule has 2 aromatic rings. The summed E-state index contributed by atoms with van der Waals surface area (Å²) in [7, 11) is 0. The molecule has 0 saturated carbocycles. The highest BCUT2D eigenvalue weighted by Crippen LogP contribution is 2.16. The summed E-state index contributed by atoms with van der Waals surface area (Å²) in [5.74, 6) is 0.667. The Morgan fingerprint density at radius 3 is 2.84 bits per heavy atom. The van der Waals surface area contributed by atoms with Gasteiger partial charge in [0.05, 0.1) is 6.54 Å². The Balaban J connectivity index is 2.00. The Hall–Kier alpha value is -1.94. The number of nitrogens with one attached hydrogen (secondary N) is 2. The molecule has 1 amide bonds. The average molecular weight is 279 g/mol. The summed E-state index contributed by atoms with van der Waals surface area (Å²) in [6, 6.07) is 10.8. The van der Waals surface area contributed by atoms with E-state index in [1.54, 1.807) is 18.2 Å². The van der Waals surface area contributed by atoms with E-state index in [1.165, 1.54) is 0 Å². The maximum absolute atomic E-state index is 11.7. The third-order valence-electron chi connectivity index (χ3n) is 2.56. The van der Waals surface area contributed by atoms with Gasteiger partial charge in [0.1, 0.15) is 5.76 Å². The number of hydrogen-bond acceptors (Lipinski definition) is 3. The molecule has 5 heteroatoms. The van der Waals surface area contributed by atoms with Gasteiger partial charge in [0, 0.05) is 17.8 Å². The summed E-state index contributed by atoms with van der Waals surface area (Å²) in [6.45, 7) is 3.02. The Morgan fingerprint density at radius 2 is 2.16 bits per heavy atom. The van der Waals surface area contributed by atoms with Crippen LogP contribution < -0.4 is 10.6 Å². The zero-order valence-electron chi connectivity index (χ0n) is 10.6. The molecule has 1 aromatic carbocycles. The highest BCUT2D eigenvalue weighted by molar-refractivity contribution is 6.28. The van der Waals surface area contributed by atoms with E-state index in [2.05, 4.69) is 10.6 Å². The van der Waals surface area contributed by atoms with Crippen molar-refractivity contribution in [3.8, 4) is 0 Å². The summed E-state index contributed by atoms with van der Waals surface area (Å²) in [6.07, 6.45) is 0. The van der Waals surface area contributed by atoms with Gasteiger partial charge < -0.3 is 15.1 Å². The zero-order valence-corrected chi connectivity index (χ0v) is 11.3. The van der Waals surface area contributed by atoms with Crippen molar-refractivity contribution in [1.29, 1.82) is 0 Å². The quantitative estimate of drug-likeness (QED) is 0.882. The maximum Gasteiger partial charge on any atom is 0.251 e. The van der Waals surface area contributed by atoms with Gasteiger partial charge in [-0.05, 0) is 48.9 Å². The van der Waals surface area contributed by atoms with Gasteiger partial charge >= 0.3 is 0 Å². The molecule has 0 bridgehead atoms. The fourth-order valence-electron chi connectivity index (χ4n) is 1.67. The van der Waals surface area contributed by atoms with Crippen LogP contribution in [0.25, 0.3) is 0 Å². The number of carbonyl (C=O) groups excluding carboxylic acids is 1. The first-order chi connectivity index (χ1) is 9.19. The number of anilines is 1. The number of rotatable bonds is 5.